The maximum absolute atomic E-state index is 13.5. The van der Waals surface area contributed by atoms with Gasteiger partial charge in [0, 0.05) is 54.8 Å². The molecule has 0 spiro atoms. The van der Waals surface area contributed by atoms with Crippen molar-refractivity contribution < 1.29 is 23.3 Å². The molecule has 174 valence electrons. The molecule has 1 N–H and O–H groups in total. The Labute approximate surface area is 193 Å². The Morgan fingerprint density at radius 1 is 0.971 bits per heavy atom. The van der Waals surface area contributed by atoms with E-state index >= 15 is 0 Å². The smallest absolute Gasteiger partial charge is 0.322 e. The number of amides is 3. The first-order chi connectivity index (χ1) is 16.3. The molecular formula is C24H20F2N4O4. The monoisotopic (exact) mass is 466 g/mol. The molecule has 0 atom stereocenters. The number of hydrogen-bond donors (Lipinski definition) is 1. The highest BCUT2D eigenvalue weighted by atomic mass is 19.1. The zero-order valence-electron chi connectivity index (χ0n) is 17.9. The van der Waals surface area contributed by atoms with Gasteiger partial charge in [0.25, 0.3) is 11.6 Å². The van der Waals surface area contributed by atoms with Gasteiger partial charge in [-0.2, -0.15) is 0 Å². The van der Waals surface area contributed by atoms with E-state index in [4.69, 9.17) is 0 Å². The fraction of sp³-hybridized carbons (Fsp3) is 0.167. The first kappa shape index (κ1) is 22.8. The predicted octanol–water partition coefficient (Wildman–Crippen LogP) is 4.96. The normalized spacial score (nSPS) is 13.6. The van der Waals surface area contributed by atoms with Gasteiger partial charge < -0.3 is 10.2 Å². The van der Waals surface area contributed by atoms with E-state index in [0.717, 1.165) is 6.07 Å². The molecule has 4 rings (SSSR count). The zero-order valence-corrected chi connectivity index (χ0v) is 17.9. The summed E-state index contributed by atoms with van der Waals surface area (Å²) in [7, 11) is 0. The average molecular weight is 466 g/mol. The number of rotatable bonds is 6. The van der Waals surface area contributed by atoms with Crippen molar-refractivity contribution in [2.24, 2.45) is 0 Å². The molecule has 0 saturated carbocycles. The van der Waals surface area contributed by atoms with Crippen LogP contribution in [0.25, 0.3) is 0 Å². The first-order valence-corrected chi connectivity index (χ1v) is 10.5. The molecule has 3 aromatic carbocycles. The topological polar surface area (TPSA) is 95.8 Å². The second kappa shape index (κ2) is 9.65. The number of nitro benzene ring substituents is 1. The van der Waals surface area contributed by atoms with E-state index in [1.807, 2.05) is 0 Å². The molecule has 1 aliphatic rings. The summed E-state index contributed by atoms with van der Waals surface area (Å²) < 4.78 is 27.0. The minimum absolute atomic E-state index is 0.0907. The highest BCUT2D eigenvalue weighted by Gasteiger charge is 2.27. The van der Waals surface area contributed by atoms with Crippen LogP contribution in [-0.2, 0) is 6.54 Å². The van der Waals surface area contributed by atoms with Crippen LogP contribution in [0.3, 0.4) is 0 Å². The van der Waals surface area contributed by atoms with Crippen LogP contribution in [0, 0.1) is 21.7 Å². The molecule has 1 saturated heterocycles. The molecule has 0 bridgehead atoms. The highest BCUT2D eigenvalue weighted by molar-refractivity contribution is 6.04. The third kappa shape index (κ3) is 5.17. The van der Waals surface area contributed by atoms with E-state index in [-0.39, 0.29) is 23.8 Å². The summed E-state index contributed by atoms with van der Waals surface area (Å²) in [6, 6.07) is 14.8. The van der Waals surface area contributed by atoms with Crippen LogP contribution in [0.1, 0.15) is 22.3 Å². The molecule has 0 aromatic heterocycles. The molecule has 34 heavy (non-hydrogen) atoms. The summed E-state index contributed by atoms with van der Waals surface area (Å²) >= 11 is 0. The van der Waals surface area contributed by atoms with Gasteiger partial charge in [0.1, 0.15) is 11.6 Å². The third-order valence-electron chi connectivity index (χ3n) is 5.38. The van der Waals surface area contributed by atoms with Crippen molar-refractivity contribution in [3.8, 4) is 0 Å². The standard InChI is InChI=1S/C24H20F2N4O4/c25-18-12-16(13-19(26)14-18)15-28-10-1-11-29(24(28)32)21-8-4-20(5-9-21)27-23(31)17-2-6-22(7-3-17)30(33)34/h2-9,12-14H,1,10-11,15H2,(H,27,31). The Hall–Kier alpha value is -4.34. The summed E-state index contributed by atoms with van der Waals surface area (Å²) in [4.78, 5) is 38.7. The lowest BCUT2D eigenvalue weighted by atomic mass is 10.1. The van der Waals surface area contributed by atoms with Crippen molar-refractivity contribution in [3.63, 3.8) is 0 Å². The van der Waals surface area contributed by atoms with Gasteiger partial charge in [-0.1, -0.05) is 0 Å². The highest BCUT2D eigenvalue weighted by Crippen LogP contribution is 2.24. The summed E-state index contributed by atoms with van der Waals surface area (Å²) in [6.07, 6.45) is 0.683. The lowest BCUT2D eigenvalue weighted by Crippen LogP contribution is -2.49. The molecule has 8 nitrogen and oxygen atoms in total. The number of nitrogens with zero attached hydrogens (tertiary/aromatic N) is 3. The molecule has 0 aliphatic carbocycles. The molecule has 1 aliphatic heterocycles. The molecule has 3 aromatic rings. The molecule has 10 heteroatoms. The summed E-state index contributed by atoms with van der Waals surface area (Å²) in [5, 5.41) is 13.4. The van der Waals surface area contributed by atoms with Gasteiger partial charge in [-0.15, -0.1) is 0 Å². The van der Waals surface area contributed by atoms with Crippen LogP contribution in [-0.4, -0.2) is 34.9 Å². The zero-order chi connectivity index (χ0) is 24.2. The Balaban J connectivity index is 1.41. The van der Waals surface area contributed by atoms with Crippen LogP contribution >= 0.6 is 0 Å². The van der Waals surface area contributed by atoms with Crippen LogP contribution in [0.15, 0.2) is 66.7 Å². The Bertz CT molecular complexity index is 1210. The molecule has 0 unspecified atom stereocenters. The van der Waals surface area contributed by atoms with E-state index in [2.05, 4.69) is 5.32 Å². The van der Waals surface area contributed by atoms with Crippen molar-refractivity contribution in [3.05, 3.63) is 99.6 Å². The number of carbonyl (C=O) groups is 2. The fourth-order valence-corrected chi connectivity index (χ4v) is 3.75. The lowest BCUT2D eigenvalue weighted by molar-refractivity contribution is -0.384. The van der Waals surface area contributed by atoms with Crippen molar-refractivity contribution in [1.29, 1.82) is 0 Å². The van der Waals surface area contributed by atoms with Crippen molar-refractivity contribution in [1.82, 2.24) is 4.90 Å². The number of halogens is 2. The Morgan fingerprint density at radius 3 is 2.24 bits per heavy atom. The largest absolute Gasteiger partial charge is 0.324 e. The van der Waals surface area contributed by atoms with Crippen LogP contribution in [0.4, 0.5) is 30.6 Å². The van der Waals surface area contributed by atoms with E-state index in [1.54, 1.807) is 29.2 Å². The third-order valence-corrected chi connectivity index (χ3v) is 5.38. The first-order valence-electron chi connectivity index (χ1n) is 10.5. The van der Waals surface area contributed by atoms with Gasteiger partial charge in [-0.05, 0) is 60.5 Å². The second-order valence-corrected chi connectivity index (χ2v) is 7.79. The number of nitro groups is 1. The summed E-state index contributed by atoms with van der Waals surface area (Å²) in [5.41, 5.74) is 1.64. The van der Waals surface area contributed by atoms with Gasteiger partial charge in [0.05, 0.1) is 4.92 Å². The van der Waals surface area contributed by atoms with Gasteiger partial charge in [-0.3, -0.25) is 19.8 Å². The predicted molar refractivity (Wildman–Crippen MR) is 122 cm³/mol. The van der Waals surface area contributed by atoms with E-state index in [1.165, 1.54) is 41.3 Å². The van der Waals surface area contributed by atoms with Crippen LogP contribution in [0.2, 0.25) is 0 Å². The summed E-state index contributed by atoms with van der Waals surface area (Å²) in [6.45, 7) is 1.05. The molecule has 3 amide bonds. The number of benzene rings is 3. The fourth-order valence-electron chi connectivity index (χ4n) is 3.75. The van der Waals surface area contributed by atoms with Crippen LogP contribution in [0.5, 0.6) is 0 Å². The number of hydrogen-bond acceptors (Lipinski definition) is 4. The number of nitrogens with one attached hydrogen (secondary N) is 1. The van der Waals surface area contributed by atoms with Crippen molar-refractivity contribution in [2.75, 3.05) is 23.3 Å². The van der Waals surface area contributed by atoms with Crippen LogP contribution < -0.4 is 10.2 Å². The van der Waals surface area contributed by atoms with Gasteiger partial charge in [-0.25, -0.2) is 13.6 Å². The quantitative estimate of drug-likeness (QED) is 0.410. The second-order valence-electron chi connectivity index (χ2n) is 7.79. The van der Waals surface area contributed by atoms with Gasteiger partial charge >= 0.3 is 6.03 Å². The van der Waals surface area contributed by atoms with Crippen molar-refractivity contribution >= 4 is 29.0 Å². The minimum atomic E-state index is -0.692. The van der Waals surface area contributed by atoms with E-state index in [0.29, 0.717) is 36.4 Å². The minimum Gasteiger partial charge on any atom is -0.322 e. The summed E-state index contributed by atoms with van der Waals surface area (Å²) in [5.74, 6) is -1.81. The number of carbonyl (C=O) groups excluding carboxylic acids is 2. The molecule has 1 fully saturated rings. The van der Waals surface area contributed by atoms with E-state index < -0.39 is 22.5 Å². The Morgan fingerprint density at radius 2 is 1.62 bits per heavy atom. The SMILES string of the molecule is O=C(Nc1ccc(N2CCCN(Cc3cc(F)cc(F)c3)C2=O)cc1)c1ccc([N+](=O)[O-])cc1. The Kier molecular flexibility index (Phi) is 6.48. The van der Waals surface area contributed by atoms with Crippen molar-refractivity contribution in [2.45, 2.75) is 13.0 Å². The maximum Gasteiger partial charge on any atom is 0.324 e. The molecule has 0 radical (unpaired) electrons. The van der Waals surface area contributed by atoms with E-state index in [9.17, 15) is 28.5 Å². The maximum atomic E-state index is 13.5. The number of urea groups is 1. The molecular weight excluding hydrogens is 446 g/mol. The number of non-ortho nitro benzene ring substituents is 1. The van der Waals surface area contributed by atoms with Gasteiger partial charge in [0.2, 0.25) is 0 Å². The van der Waals surface area contributed by atoms with Gasteiger partial charge in [0.15, 0.2) is 0 Å². The average Bonchev–Trinajstić information content (AvgIpc) is 2.80. The number of anilines is 2. The lowest BCUT2D eigenvalue weighted by Gasteiger charge is -2.35. The molecule has 1 heterocycles.